The van der Waals surface area contributed by atoms with E-state index in [0.29, 0.717) is 17.7 Å². The van der Waals surface area contributed by atoms with E-state index in [1.54, 1.807) is 24.3 Å². The zero-order valence-electron chi connectivity index (χ0n) is 12.6. The Kier molecular flexibility index (Phi) is 5.88. The number of nitrogens with one attached hydrogen (secondary N) is 2. The number of carbonyl (C=O) groups excluding carboxylic acids is 1. The van der Waals surface area contributed by atoms with Crippen molar-refractivity contribution in [2.45, 2.75) is 18.9 Å². The van der Waals surface area contributed by atoms with Gasteiger partial charge in [-0.05, 0) is 35.8 Å². The monoisotopic (exact) mass is 314 g/mol. The van der Waals surface area contributed by atoms with Crippen molar-refractivity contribution >= 4 is 11.6 Å². The molecule has 0 saturated heterocycles. The fraction of sp³-hybridized carbons (Fsp3) is 0.167. The molecule has 0 radical (unpaired) electrons. The second-order valence-electron chi connectivity index (χ2n) is 5.15. The van der Waals surface area contributed by atoms with E-state index in [4.69, 9.17) is 0 Å². The van der Waals surface area contributed by atoms with Crippen LogP contribution < -0.4 is 10.9 Å². The molecule has 0 heterocycles. The third kappa shape index (κ3) is 5.23. The predicted molar refractivity (Wildman–Crippen MR) is 87.9 cm³/mol. The van der Waals surface area contributed by atoms with Gasteiger partial charge in [-0.25, -0.2) is 4.39 Å². The summed E-state index contributed by atoms with van der Waals surface area (Å²) >= 11 is 0. The molecule has 23 heavy (non-hydrogen) atoms. The Labute approximate surface area is 134 Å². The van der Waals surface area contributed by atoms with Crippen LogP contribution in [0.4, 0.5) is 10.1 Å². The molecule has 4 nitrogen and oxygen atoms in total. The highest BCUT2D eigenvalue weighted by Crippen LogP contribution is 2.23. The number of amides is 1. The van der Waals surface area contributed by atoms with Crippen LogP contribution in [0.1, 0.15) is 24.5 Å². The number of aliphatic hydroxyl groups is 1. The van der Waals surface area contributed by atoms with Crippen LogP contribution in [0.5, 0.6) is 0 Å². The number of benzene rings is 2. The summed E-state index contributed by atoms with van der Waals surface area (Å²) in [7, 11) is 0. The fourth-order valence-electron chi connectivity index (χ4n) is 2.05. The van der Waals surface area contributed by atoms with Crippen LogP contribution in [0.15, 0.2) is 66.7 Å². The lowest BCUT2D eigenvalue weighted by Gasteiger charge is -2.14. The molecule has 1 amide bonds. The molecule has 5 heteroatoms. The molecular formula is C18H19FN2O2. The lowest BCUT2D eigenvalue weighted by molar-refractivity contribution is -0.120. The Morgan fingerprint density at radius 1 is 1.13 bits per heavy atom. The van der Waals surface area contributed by atoms with Crippen molar-refractivity contribution in [1.82, 2.24) is 5.43 Å². The number of hydrogen-bond donors (Lipinski definition) is 3. The van der Waals surface area contributed by atoms with Crippen LogP contribution in [-0.2, 0) is 4.79 Å². The predicted octanol–water partition coefficient (Wildman–Crippen LogP) is 3.34. The lowest BCUT2D eigenvalue weighted by atomic mass is 9.99. The first-order valence-electron chi connectivity index (χ1n) is 7.27. The SMILES string of the molecule is C=C(CCC(=O)NNc1cccc(F)c1)C(O)c1ccccc1. The molecule has 0 aliphatic carbocycles. The first-order valence-corrected chi connectivity index (χ1v) is 7.27. The summed E-state index contributed by atoms with van der Waals surface area (Å²) in [5.74, 6) is -0.653. The molecule has 0 bridgehead atoms. The van der Waals surface area contributed by atoms with Crippen molar-refractivity contribution in [3.05, 3.63) is 78.1 Å². The van der Waals surface area contributed by atoms with E-state index in [2.05, 4.69) is 17.4 Å². The molecule has 2 aromatic rings. The summed E-state index contributed by atoms with van der Waals surface area (Å²) in [6.07, 6.45) is -0.266. The van der Waals surface area contributed by atoms with Gasteiger partial charge in [0.15, 0.2) is 0 Å². The van der Waals surface area contributed by atoms with Gasteiger partial charge in [0.1, 0.15) is 5.82 Å². The summed E-state index contributed by atoms with van der Waals surface area (Å²) in [6, 6.07) is 14.9. The van der Waals surface area contributed by atoms with Crippen molar-refractivity contribution in [2.75, 3.05) is 5.43 Å². The summed E-state index contributed by atoms with van der Waals surface area (Å²) < 4.78 is 13.0. The second-order valence-corrected chi connectivity index (χ2v) is 5.15. The molecule has 1 unspecified atom stereocenters. The van der Waals surface area contributed by atoms with Crippen LogP contribution in [0.3, 0.4) is 0 Å². The van der Waals surface area contributed by atoms with Crippen LogP contribution >= 0.6 is 0 Å². The zero-order chi connectivity index (χ0) is 16.7. The molecule has 0 aliphatic heterocycles. The Morgan fingerprint density at radius 2 is 1.87 bits per heavy atom. The van der Waals surface area contributed by atoms with Gasteiger partial charge in [0.25, 0.3) is 0 Å². The number of anilines is 1. The number of hydrazine groups is 1. The van der Waals surface area contributed by atoms with Gasteiger partial charge in [-0.3, -0.25) is 15.6 Å². The van der Waals surface area contributed by atoms with Gasteiger partial charge < -0.3 is 5.11 Å². The molecule has 3 N–H and O–H groups in total. The van der Waals surface area contributed by atoms with E-state index < -0.39 is 6.10 Å². The van der Waals surface area contributed by atoms with Crippen molar-refractivity contribution in [2.24, 2.45) is 0 Å². The average Bonchev–Trinajstić information content (AvgIpc) is 2.58. The summed E-state index contributed by atoms with van der Waals surface area (Å²) in [5, 5.41) is 10.2. The summed E-state index contributed by atoms with van der Waals surface area (Å²) in [6.45, 7) is 3.83. The maximum absolute atomic E-state index is 13.0. The van der Waals surface area contributed by atoms with Crippen molar-refractivity contribution in [1.29, 1.82) is 0 Å². The van der Waals surface area contributed by atoms with Gasteiger partial charge in [-0.2, -0.15) is 0 Å². The van der Waals surface area contributed by atoms with Gasteiger partial charge >= 0.3 is 0 Å². The quantitative estimate of drug-likeness (QED) is 0.542. The first-order chi connectivity index (χ1) is 11.1. The molecule has 1 atom stereocenters. The maximum atomic E-state index is 13.0. The average molecular weight is 314 g/mol. The topological polar surface area (TPSA) is 61.4 Å². The number of halogens is 1. The maximum Gasteiger partial charge on any atom is 0.238 e. The number of carbonyl (C=O) groups is 1. The molecule has 0 fully saturated rings. The standard InChI is InChI=1S/C18H19FN2O2/c1-13(18(23)14-6-3-2-4-7-14)10-11-17(22)21-20-16-9-5-8-15(19)12-16/h2-9,12,18,20,23H,1,10-11H2,(H,21,22). The molecule has 0 spiro atoms. The molecule has 0 saturated carbocycles. The molecular weight excluding hydrogens is 295 g/mol. The highest BCUT2D eigenvalue weighted by Gasteiger charge is 2.12. The number of aliphatic hydroxyl groups excluding tert-OH is 1. The third-order valence-corrected chi connectivity index (χ3v) is 3.35. The minimum atomic E-state index is -0.792. The van der Waals surface area contributed by atoms with Crippen molar-refractivity contribution in [3.8, 4) is 0 Å². The van der Waals surface area contributed by atoms with Gasteiger partial charge in [0, 0.05) is 6.42 Å². The van der Waals surface area contributed by atoms with Gasteiger partial charge in [0.2, 0.25) is 5.91 Å². The van der Waals surface area contributed by atoms with E-state index in [9.17, 15) is 14.3 Å². The largest absolute Gasteiger partial charge is 0.384 e. The Balaban J connectivity index is 1.76. The Hall–Kier alpha value is -2.66. The normalized spacial score (nSPS) is 11.6. The minimum Gasteiger partial charge on any atom is -0.384 e. The van der Waals surface area contributed by atoms with Crippen LogP contribution in [0.25, 0.3) is 0 Å². The molecule has 2 rings (SSSR count). The lowest BCUT2D eigenvalue weighted by Crippen LogP contribution is -2.29. The van der Waals surface area contributed by atoms with Gasteiger partial charge in [0.05, 0.1) is 11.8 Å². The summed E-state index contributed by atoms with van der Waals surface area (Å²) in [5.41, 5.74) is 6.89. The van der Waals surface area contributed by atoms with E-state index in [1.165, 1.54) is 12.1 Å². The minimum absolute atomic E-state index is 0.172. The Morgan fingerprint density at radius 3 is 2.57 bits per heavy atom. The fourth-order valence-corrected chi connectivity index (χ4v) is 2.05. The van der Waals surface area contributed by atoms with E-state index in [0.717, 1.165) is 5.56 Å². The van der Waals surface area contributed by atoms with Crippen molar-refractivity contribution < 1.29 is 14.3 Å². The summed E-state index contributed by atoms with van der Waals surface area (Å²) in [4.78, 5) is 11.8. The van der Waals surface area contributed by atoms with Crippen LogP contribution in [0.2, 0.25) is 0 Å². The number of hydrogen-bond acceptors (Lipinski definition) is 3. The Bertz CT molecular complexity index is 674. The van der Waals surface area contributed by atoms with Crippen LogP contribution in [-0.4, -0.2) is 11.0 Å². The van der Waals surface area contributed by atoms with E-state index in [1.807, 2.05) is 18.2 Å². The highest BCUT2D eigenvalue weighted by atomic mass is 19.1. The zero-order valence-corrected chi connectivity index (χ0v) is 12.6. The van der Waals surface area contributed by atoms with Crippen molar-refractivity contribution in [3.63, 3.8) is 0 Å². The number of rotatable bonds is 7. The molecule has 0 aromatic heterocycles. The first kappa shape index (κ1) is 16.7. The van der Waals surface area contributed by atoms with Crippen LogP contribution in [0, 0.1) is 5.82 Å². The van der Waals surface area contributed by atoms with E-state index in [-0.39, 0.29) is 18.1 Å². The van der Waals surface area contributed by atoms with Gasteiger partial charge in [-0.1, -0.05) is 43.0 Å². The third-order valence-electron chi connectivity index (χ3n) is 3.35. The highest BCUT2D eigenvalue weighted by molar-refractivity contribution is 5.77. The van der Waals surface area contributed by atoms with Gasteiger partial charge in [-0.15, -0.1) is 0 Å². The molecule has 2 aromatic carbocycles. The molecule has 120 valence electrons. The molecule has 0 aliphatic rings. The van der Waals surface area contributed by atoms with E-state index >= 15 is 0 Å². The second kappa shape index (κ2) is 8.10. The smallest absolute Gasteiger partial charge is 0.238 e.